The van der Waals surface area contributed by atoms with Gasteiger partial charge in [0.05, 0.1) is 30.3 Å². The van der Waals surface area contributed by atoms with Gasteiger partial charge in [0.25, 0.3) is 0 Å². The van der Waals surface area contributed by atoms with E-state index >= 15 is 0 Å². The van der Waals surface area contributed by atoms with E-state index in [0.29, 0.717) is 42.9 Å². The molecule has 0 aliphatic heterocycles. The SMILES string of the molecule is C=C(C)C(=O)OCCCCOc1ccc(C(=O)Oc2ccc(-c3ccc(OCCCC)cc3)cc2[N+](=O)[O-])cc1. The first-order chi connectivity index (χ1) is 19.3. The summed E-state index contributed by atoms with van der Waals surface area (Å²) in [5, 5.41) is 11.7. The van der Waals surface area contributed by atoms with Gasteiger partial charge >= 0.3 is 17.6 Å². The molecule has 0 atom stereocenters. The summed E-state index contributed by atoms with van der Waals surface area (Å²) in [5.41, 5.74) is 1.64. The van der Waals surface area contributed by atoms with Gasteiger partial charge in [-0.3, -0.25) is 10.1 Å². The fourth-order valence-corrected chi connectivity index (χ4v) is 3.53. The molecule has 0 aromatic heterocycles. The number of esters is 2. The highest BCUT2D eigenvalue weighted by Crippen LogP contribution is 2.33. The van der Waals surface area contributed by atoms with Gasteiger partial charge in [-0.2, -0.15) is 0 Å². The second-order valence-electron chi connectivity index (χ2n) is 9.05. The summed E-state index contributed by atoms with van der Waals surface area (Å²) >= 11 is 0. The molecule has 0 heterocycles. The van der Waals surface area contributed by atoms with E-state index in [-0.39, 0.29) is 23.6 Å². The van der Waals surface area contributed by atoms with E-state index < -0.39 is 16.9 Å². The molecule has 0 N–H and O–H groups in total. The van der Waals surface area contributed by atoms with E-state index in [1.807, 2.05) is 24.3 Å². The molecule has 0 radical (unpaired) electrons. The quantitative estimate of drug-likeness (QED) is 0.0502. The lowest BCUT2D eigenvalue weighted by Crippen LogP contribution is -2.10. The molecule has 9 nitrogen and oxygen atoms in total. The van der Waals surface area contributed by atoms with Crippen LogP contribution >= 0.6 is 0 Å². The number of rotatable bonds is 15. The Morgan fingerprint density at radius 3 is 2.00 bits per heavy atom. The van der Waals surface area contributed by atoms with Gasteiger partial charge in [-0.25, -0.2) is 9.59 Å². The van der Waals surface area contributed by atoms with Crippen LogP contribution in [0.2, 0.25) is 0 Å². The van der Waals surface area contributed by atoms with Gasteiger partial charge in [-0.15, -0.1) is 0 Å². The van der Waals surface area contributed by atoms with Crippen LogP contribution in [0.4, 0.5) is 5.69 Å². The van der Waals surface area contributed by atoms with Crippen molar-refractivity contribution in [2.45, 2.75) is 39.5 Å². The second kappa shape index (κ2) is 15.1. The first-order valence-electron chi connectivity index (χ1n) is 13.1. The number of unbranched alkanes of at least 4 members (excludes halogenated alkanes) is 2. The summed E-state index contributed by atoms with van der Waals surface area (Å²) in [4.78, 5) is 35.2. The van der Waals surface area contributed by atoms with Crippen LogP contribution in [-0.4, -0.2) is 36.7 Å². The van der Waals surface area contributed by atoms with Gasteiger partial charge in [-0.05, 0) is 79.8 Å². The molecule has 210 valence electrons. The Morgan fingerprint density at radius 2 is 1.40 bits per heavy atom. The fourth-order valence-electron chi connectivity index (χ4n) is 3.53. The minimum absolute atomic E-state index is 0.147. The molecule has 9 heteroatoms. The number of ether oxygens (including phenoxy) is 4. The minimum atomic E-state index is -0.727. The third kappa shape index (κ3) is 8.97. The van der Waals surface area contributed by atoms with Gasteiger partial charge in [-0.1, -0.05) is 38.1 Å². The molecule has 0 saturated carbocycles. The van der Waals surface area contributed by atoms with Crippen molar-refractivity contribution in [1.29, 1.82) is 0 Å². The van der Waals surface area contributed by atoms with Crippen molar-refractivity contribution in [2.75, 3.05) is 19.8 Å². The molecule has 0 saturated heterocycles. The van der Waals surface area contributed by atoms with Gasteiger partial charge in [0.2, 0.25) is 5.75 Å². The minimum Gasteiger partial charge on any atom is -0.494 e. The molecule has 0 bridgehead atoms. The third-order valence-corrected chi connectivity index (χ3v) is 5.79. The van der Waals surface area contributed by atoms with Crippen molar-refractivity contribution in [1.82, 2.24) is 0 Å². The Morgan fingerprint density at radius 1 is 0.825 bits per heavy atom. The maximum Gasteiger partial charge on any atom is 0.343 e. The highest BCUT2D eigenvalue weighted by molar-refractivity contribution is 5.92. The summed E-state index contributed by atoms with van der Waals surface area (Å²) < 4.78 is 21.7. The lowest BCUT2D eigenvalue weighted by molar-refractivity contribution is -0.385. The average molecular weight is 548 g/mol. The van der Waals surface area contributed by atoms with Crippen LogP contribution in [0.25, 0.3) is 11.1 Å². The number of hydrogen-bond acceptors (Lipinski definition) is 8. The Labute approximate surface area is 233 Å². The largest absolute Gasteiger partial charge is 0.494 e. The number of nitro benzene ring substituents is 1. The Kier molecular flexibility index (Phi) is 11.3. The maximum atomic E-state index is 12.7. The average Bonchev–Trinajstić information content (AvgIpc) is 2.95. The van der Waals surface area contributed by atoms with Crippen molar-refractivity contribution in [3.05, 3.63) is 94.6 Å². The topological polar surface area (TPSA) is 114 Å². The van der Waals surface area contributed by atoms with Gasteiger partial charge in [0.1, 0.15) is 11.5 Å². The smallest absolute Gasteiger partial charge is 0.343 e. The molecule has 0 fully saturated rings. The molecule has 0 aliphatic carbocycles. The Balaban J connectivity index is 1.56. The first kappa shape index (κ1) is 29.9. The van der Waals surface area contributed by atoms with Crippen LogP contribution in [0.15, 0.2) is 78.9 Å². The van der Waals surface area contributed by atoms with Crippen LogP contribution in [-0.2, 0) is 9.53 Å². The second-order valence-corrected chi connectivity index (χ2v) is 9.05. The predicted octanol–water partition coefficient (Wildman–Crippen LogP) is 6.94. The molecule has 40 heavy (non-hydrogen) atoms. The van der Waals surface area contributed by atoms with Gasteiger partial charge in [0, 0.05) is 11.6 Å². The molecule has 3 aromatic carbocycles. The Hall–Kier alpha value is -4.66. The fraction of sp³-hybridized carbons (Fsp3) is 0.290. The summed E-state index contributed by atoms with van der Waals surface area (Å²) in [6.07, 6.45) is 3.31. The number of nitro groups is 1. The van der Waals surface area contributed by atoms with Crippen LogP contribution in [0.5, 0.6) is 17.2 Å². The van der Waals surface area contributed by atoms with Crippen molar-refractivity contribution < 1.29 is 33.5 Å². The van der Waals surface area contributed by atoms with E-state index in [1.165, 1.54) is 24.3 Å². The molecular weight excluding hydrogens is 514 g/mol. The lowest BCUT2D eigenvalue weighted by atomic mass is 10.0. The zero-order valence-electron chi connectivity index (χ0n) is 22.7. The number of benzene rings is 3. The van der Waals surface area contributed by atoms with Crippen molar-refractivity contribution in [3.63, 3.8) is 0 Å². The summed E-state index contributed by atoms with van der Waals surface area (Å²) in [7, 11) is 0. The molecule has 0 aliphatic rings. The number of carbonyl (C=O) groups is 2. The van der Waals surface area contributed by atoms with Crippen LogP contribution in [0, 0.1) is 10.1 Å². The molecule has 0 amide bonds. The molecule has 0 spiro atoms. The molecule has 3 rings (SSSR count). The van der Waals surface area contributed by atoms with E-state index in [0.717, 1.165) is 24.2 Å². The third-order valence-electron chi connectivity index (χ3n) is 5.79. The highest BCUT2D eigenvalue weighted by Gasteiger charge is 2.20. The number of hydrogen-bond donors (Lipinski definition) is 0. The van der Waals surface area contributed by atoms with Gasteiger partial charge < -0.3 is 18.9 Å². The van der Waals surface area contributed by atoms with Crippen LogP contribution in [0.1, 0.15) is 49.9 Å². The van der Waals surface area contributed by atoms with E-state index in [1.54, 1.807) is 25.1 Å². The molecule has 0 unspecified atom stereocenters. The van der Waals surface area contributed by atoms with Crippen LogP contribution in [0.3, 0.4) is 0 Å². The number of nitrogens with zero attached hydrogens (tertiary/aromatic N) is 1. The lowest BCUT2D eigenvalue weighted by Gasteiger charge is -2.10. The van der Waals surface area contributed by atoms with Crippen molar-refractivity contribution in [3.8, 4) is 28.4 Å². The monoisotopic (exact) mass is 547 g/mol. The number of carbonyl (C=O) groups excluding carboxylic acids is 2. The normalized spacial score (nSPS) is 10.4. The summed E-state index contributed by atoms with van der Waals surface area (Å²) in [6.45, 7) is 8.53. The van der Waals surface area contributed by atoms with Gasteiger partial charge in [0.15, 0.2) is 0 Å². The molecular formula is C31H33NO8. The predicted molar refractivity (Wildman–Crippen MR) is 151 cm³/mol. The standard InChI is InChI=1S/C31H33NO8/c1-4-5-18-37-26-13-8-23(9-14-26)25-12-17-29(28(21-25)32(35)36)40-31(34)24-10-15-27(16-11-24)38-19-6-7-20-39-30(33)22(2)3/h8-17,21H,2,4-7,18-20H2,1,3H3. The van der Waals surface area contributed by atoms with Crippen LogP contribution < -0.4 is 14.2 Å². The first-order valence-corrected chi connectivity index (χ1v) is 13.1. The molecule has 3 aromatic rings. The highest BCUT2D eigenvalue weighted by atomic mass is 16.6. The van der Waals surface area contributed by atoms with E-state index in [2.05, 4.69) is 13.5 Å². The van der Waals surface area contributed by atoms with Crippen molar-refractivity contribution >= 4 is 17.6 Å². The van der Waals surface area contributed by atoms with E-state index in [4.69, 9.17) is 18.9 Å². The summed E-state index contributed by atoms with van der Waals surface area (Å²) in [5.74, 6) is -0.00730. The summed E-state index contributed by atoms with van der Waals surface area (Å²) in [6, 6.07) is 18.0. The zero-order chi connectivity index (χ0) is 28.9. The van der Waals surface area contributed by atoms with Crippen molar-refractivity contribution in [2.24, 2.45) is 0 Å². The Bertz CT molecular complexity index is 1320. The maximum absolute atomic E-state index is 12.7. The zero-order valence-corrected chi connectivity index (χ0v) is 22.7. The van der Waals surface area contributed by atoms with E-state index in [9.17, 15) is 19.7 Å².